The van der Waals surface area contributed by atoms with Crippen LogP contribution in [0.25, 0.3) is 0 Å². The fourth-order valence-corrected chi connectivity index (χ4v) is 3.57. The number of anilines is 1. The minimum Gasteiger partial charge on any atom is -0.497 e. The monoisotopic (exact) mass is 480 g/mol. The Bertz CT molecular complexity index is 1070. The Morgan fingerprint density at radius 2 is 1.76 bits per heavy atom. The van der Waals surface area contributed by atoms with E-state index in [9.17, 15) is 32.9 Å². The number of carbonyl (C=O) groups excluding carboxylic acids is 2. The number of rotatable bonds is 7. The summed E-state index contributed by atoms with van der Waals surface area (Å²) in [6, 6.07) is 8.98. The summed E-state index contributed by atoms with van der Waals surface area (Å²) < 4.78 is 43.6. The van der Waals surface area contributed by atoms with Crippen molar-refractivity contribution in [3.8, 4) is 5.75 Å². The topological polar surface area (TPSA) is 105 Å². The number of nitrogens with one attached hydrogen (secondary N) is 1. The molecule has 1 heterocycles. The maximum atomic E-state index is 12.8. The molecule has 0 bridgehead atoms. The summed E-state index contributed by atoms with van der Waals surface area (Å²) in [7, 11) is 1.51. The number of benzene rings is 2. The molecule has 1 aliphatic heterocycles. The highest BCUT2D eigenvalue weighted by Gasteiger charge is 2.33. The first-order valence-electron chi connectivity index (χ1n) is 10.4. The average Bonchev–Trinajstić information content (AvgIpc) is 2.83. The highest BCUT2D eigenvalue weighted by Crippen LogP contribution is 2.34. The van der Waals surface area contributed by atoms with Crippen molar-refractivity contribution < 1.29 is 32.4 Å². The lowest BCUT2D eigenvalue weighted by Crippen LogP contribution is -2.50. The predicted octanol–water partition coefficient (Wildman–Crippen LogP) is 3.41. The maximum absolute atomic E-state index is 12.8. The molecule has 3 rings (SSSR count). The molecule has 1 fully saturated rings. The van der Waals surface area contributed by atoms with Gasteiger partial charge in [0.05, 0.1) is 17.6 Å². The number of methoxy groups -OCH3 is 1. The predicted molar refractivity (Wildman–Crippen MR) is 117 cm³/mol. The number of amides is 2. The minimum absolute atomic E-state index is 0.00793. The van der Waals surface area contributed by atoms with Crippen molar-refractivity contribution in [3.05, 3.63) is 63.7 Å². The lowest BCUT2D eigenvalue weighted by Gasteiger charge is -2.35. The first-order chi connectivity index (χ1) is 16.1. The van der Waals surface area contributed by atoms with Crippen LogP contribution in [0.4, 0.5) is 24.5 Å². The van der Waals surface area contributed by atoms with E-state index in [1.807, 2.05) is 0 Å². The second kappa shape index (κ2) is 10.4. The van der Waals surface area contributed by atoms with Gasteiger partial charge in [-0.05, 0) is 30.3 Å². The Balaban J connectivity index is 1.51. The molecule has 2 aromatic rings. The van der Waals surface area contributed by atoms with Crippen molar-refractivity contribution in [2.24, 2.45) is 0 Å². The summed E-state index contributed by atoms with van der Waals surface area (Å²) in [6.45, 7) is 1.36. The molecule has 0 aliphatic carbocycles. The fourth-order valence-electron chi connectivity index (χ4n) is 3.57. The standard InChI is InChI=1S/C22H23F3N4O5/c1-34-17-4-2-3-15(13-17)21(31)28-11-9-27(10-12-28)20(30)7-8-26-18-6-5-16(22(23,24)25)14-19(18)29(32)33/h2-6,13-14,26H,7-12H2,1H3. The van der Waals surface area contributed by atoms with Crippen LogP contribution in [0.1, 0.15) is 22.3 Å². The third-order valence-electron chi connectivity index (χ3n) is 5.41. The van der Waals surface area contributed by atoms with Gasteiger partial charge in [0.25, 0.3) is 11.6 Å². The molecule has 0 atom stereocenters. The van der Waals surface area contributed by atoms with Gasteiger partial charge >= 0.3 is 6.18 Å². The van der Waals surface area contributed by atoms with E-state index in [1.165, 1.54) is 7.11 Å². The smallest absolute Gasteiger partial charge is 0.416 e. The average molecular weight is 480 g/mol. The van der Waals surface area contributed by atoms with Crippen molar-refractivity contribution >= 4 is 23.2 Å². The number of hydrogen-bond acceptors (Lipinski definition) is 6. The van der Waals surface area contributed by atoms with Crippen molar-refractivity contribution in [3.63, 3.8) is 0 Å². The summed E-state index contributed by atoms with van der Waals surface area (Å²) in [5.74, 6) is 0.179. The third kappa shape index (κ3) is 5.94. The molecule has 12 heteroatoms. The van der Waals surface area contributed by atoms with Crippen LogP contribution in [-0.2, 0) is 11.0 Å². The number of nitrogens with zero attached hydrogens (tertiary/aromatic N) is 3. The Kier molecular flexibility index (Phi) is 7.59. The Morgan fingerprint density at radius 1 is 1.09 bits per heavy atom. The SMILES string of the molecule is COc1cccc(C(=O)N2CCN(C(=O)CCNc3ccc(C(F)(F)F)cc3[N+](=O)[O-])CC2)c1. The first kappa shape index (κ1) is 24.8. The van der Waals surface area contributed by atoms with E-state index in [0.29, 0.717) is 43.6 Å². The van der Waals surface area contributed by atoms with Crippen LogP contribution in [-0.4, -0.2) is 66.4 Å². The molecule has 34 heavy (non-hydrogen) atoms. The second-order valence-corrected chi connectivity index (χ2v) is 7.57. The maximum Gasteiger partial charge on any atom is 0.416 e. The summed E-state index contributed by atoms with van der Waals surface area (Å²) in [5, 5.41) is 13.8. The second-order valence-electron chi connectivity index (χ2n) is 7.57. The van der Waals surface area contributed by atoms with E-state index in [-0.39, 0.29) is 30.5 Å². The quantitative estimate of drug-likeness (QED) is 0.481. The lowest BCUT2D eigenvalue weighted by molar-refractivity contribution is -0.384. The van der Waals surface area contributed by atoms with Crippen molar-refractivity contribution in [2.45, 2.75) is 12.6 Å². The number of piperazine rings is 1. The van der Waals surface area contributed by atoms with Crippen LogP contribution in [0.2, 0.25) is 0 Å². The summed E-state index contributed by atoms with van der Waals surface area (Å²) in [5.41, 5.74) is -1.45. The van der Waals surface area contributed by atoms with E-state index in [0.717, 1.165) is 12.1 Å². The van der Waals surface area contributed by atoms with E-state index < -0.39 is 22.4 Å². The van der Waals surface area contributed by atoms with Gasteiger partial charge in [-0.15, -0.1) is 0 Å². The van der Waals surface area contributed by atoms with Gasteiger partial charge < -0.3 is 19.9 Å². The number of carbonyl (C=O) groups is 2. The zero-order valence-corrected chi connectivity index (χ0v) is 18.3. The fraction of sp³-hybridized carbons (Fsp3) is 0.364. The van der Waals surface area contributed by atoms with Gasteiger partial charge in [0.2, 0.25) is 5.91 Å². The van der Waals surface area contributed by atoms with Crippen molar-refractivity contribution in [1.82, 2.24) is 9.80 Å². The molecule has 0 aromatic heterocycles. The zero-order chi connectivity index (χ0) is 24.9. The lowest BCUT2D eigenvalue weighted by atomic mass is 10.1. The molecule has 182 valence electrons. The van der Waals surface area contributed by atoms with Crippen LogP contribution in [0, 0.1) is 10.1 Å². The molecule has 2 aromatic carbocycles. The summed E-state index contributed by atoms with van der Waals surface area (Å²) in [6.07, 6.45) is -4.71. The molecule has 1 saturated heterocycles. The molecule has 0 saturated carbocycles. The highest BCUT2D eigenvalue weighted by molar-refractivity contribution is 5.94. The number of halogens is 3. The molecule has 9 nitrogen and oxygen atoms in total. The Labute approximate surface area is 193 Å². The van der Waals surface area contributed by atoms with Crippen molar-refractivity contribution in [1.29, 1.82) is 0 Å². The molecule has 1 N–H and O–H groups in total. The molecule has 0 spiro atoms. The van der Waals surface area contributed by atoms with Crippen LogP contribution in [0.3, 0.4) is 0 Å². The van der Waals surface area contributed by atoms with Crippen LogP contribution >= 0.6 is 0 Å². The van der Waals surface area contributed by atoms with E-state index in [4.69, 9.17) is 4.74 Å². The Hall–Kier alpha value is -3.83. The summed E-state index contributed by atoms with van der Waals surface area (Å²) in [4.78, 5) is 38.7. The molecular formula is C22H23F3N4O5. The van der Waals surface area contributed by atoms with E-state index in [1.54, 1.807) is 34.1 Å². The molecule has 0 radical (unpaired) electrons. The van der Waals surface area contributed by atoms with E-state index >= 15 is 0 Å². The number of hydrogen-bond donors (Lipinski definition) is 1. The molecular weight excluding hydrogens is 457 g/mol. The number of nitro groups is 1. The molecule has 0 unspecified atom stereocenters. The van der Waals surface area contributed by atoms with Crippen LogP contribution in [0.5, 0.6) is 5.75 Å². The van der Waals surface area contributed by atoms with Crippen LogP contribution < -0.4 is 10.1 Å². The highest BCUT2D eigenvalue weighted by atomic mass is 19.4. The number of ether oxygens (including phenoxy) is 1. The Morgan fingerprint density at radius 3 is 2.38 bits per heavy atom. The third-order valence-corrected chi connectivity index (χ3v) is 5.41. The minimum atomic E-state index is -4.70. The van der Waals surface area contributed by atoms with Crippen molar-refractivity contribution in [2.75, 3.05) is 45.2 Å². The molecule has 2 amide bonds. The van der Waals surface area contributed by atoms with Gasteiger partial charge in [-0.1, -0.05) is 6.07 Å². The van der Waals surface area contributed by atoms with Gasteiger partial charge in [0.1, 0.15) is 11.4 Å². The molecule has 1 aliphatic rings. The normalized spacial score (nSPS) is 14.0. The summed E-state index contributed by atoms with van der Waals surface area (Å²) >= 11 is 0. The largest absolute Gasteiger partial charge is 0.497 e. The van der Waals surface area contributed by atoms with Gasteiger partial charge in [0, 0.05) is 50.8 Å². The van der Waals surface area contributed by atoms with Gasteiger partial charge in [-0.25, -0.2) is 0 Å². The van der Waals surface area contributed by atoms with Gasteiger partial charge in [-0.2, -0.15) is 13.2 Å². The first-order valence-corrected chi connectivity index (χ1v) is 10.4. The number of nitro benzene ring substituents is 1. The number of alkyl halides is 3. The van der Waals surface area contributed by atoms with Gasteiger partial charge in [0.15, 0.2) is 0 Å². The van der Waals surface area contributed by atoms with E-state index in [2.05, 4.69) is 5.32 Å². The zero-order valence-electron chi connectivity index (χ0n) is 18.3. The van der Waals surface area contributed by atoms with Gasteiger partial charge in [-0.3, -0.25) is 19.7 Å². The van der Waals surface area contributed by atoms with Crippen LogP contribution in [0.15, 0.2) is 42.5 Å².